The number of carbonyl (C=O) groups excluding carboxylic acids is 1. The van der Waals surface area contributed by atoms with Gasteiger partial charge in [-0.05, 0) is 40.0 Å². The standard InChI is InChI=1S/C13H18F3NO5S/c1-11(2,3)21-10(18)17-7-6-12(4-5-12)9(8-17)22-23(19,20)13(14,15)16/h8H,4-7H2,1-3H3. The Bertz CT molecular complexity index is 629. The molecule has 2 rings (SSSR count). The number of amides is 1. The van der Waals surface area contributed by atoms with Crippen molar-refractivity contribution < 1.29 is 35.3 Å². The molecule has 0 bridgehead atoms. The van der Waals surface area contributed by atoms with E-state index >= 15 is 0 Å². The number of alkyl halides is 3. The fraction of sp³-hybridized carbons (Fsp3) is 0.769. The summed E-state index contributed by atoms with van der Waals surface area (Å²) in [7, 11) is -5.76. The van der Waals surface area contributed by atoms with Crippen molar-refractivity contribution in [2.24, 2.45) is 5.41 Å². The van der Waals surface area contributed by atoms with Crippen LogP contribution in [0.3, 0.4) is 0 Å². The molecule has 1 spiro atoms. The van der Waals surface area contributed by atoms with Gasteiger partial charge in [-0.3, -0.25) is 4.90 Å². The van der Waals surface area contributed by atoms with Gasteiger partial charge in [0.05, 0.1) is 6.20 Å². The van der Waals surface area contributed by atoms with Gasteiger partial charge in [0.2, 0.25) is 0 Å². The van der Waals surface area contributed by atoms with E-state index in [0.29, 0.717) is 19.3 Å². The van der Waals surface area contributed by atoms with Gasteiger partial charge in [0.1, 0.15) is 11.4 Å². The summed E-state index contributed by atoms with van der Waals surface area (Å²) in [6.45, 7) is 5.17. The van der Waals surface area contributed by atoms with E-state index in [0.717, 1.165) is 11.1 Å². The molecular formula is C13H18F3NO5S. The lowest BCUT2D eigenvalue weighted by atomic mass is 9.97. The topological polar surface area (TPSA) is 72.9 Å². The minimum absolute atomic E-state index is 0.230. The largest absolute Gasteiger partial charge is 0.534 e. The lowest BCUT2D eigenvalue weighted by molar-refractivity contribution is -0.0531. The molecule has 0 saturated heterocycles. The first-order chi connectivity index (χ1) is 10.3. The smallest absolute Gasteiger partial charge is 0.443 e. The highest BCUT2D eigenvalue weighted by Crippen LogP contribution is 2.57. The summed E-state index contributed by atoms with van der Waals surface area (Å²) in [5.74, 6) is -0.355. The molecule has 23 heavy (non-hydrogen) atoms. The number of halogens is 3. The molecule has 0 atom stereocenters. The van der Waals surface area contributed by atoms with Crippen LogP contribution < -0.4 is 0 Å². The van der Waals surface area contributed by atoms with E-state index in [4.69, 9.17) is 4.74 Å². The van der Waals surface area contributed by atoms with E-state index in [1.165, 1.54) is 0 Å². The molecule has 1 saturated carbocycles. The van der Waals surface area contributed by atoms with Crippen molar-refractivity contribution in [1.82, 2.24) is 4.90 Å². The molecule has 10 heteroatoms. The van der Waals surface area contributed by atoms with Crippen molar-refractivity contribution in [3.8, 4) is 0 Å². The number of allylic oxidation sites excluding steroid dienone is 1. The minimum atomic E-state index is -5.76. The predicted molar refractivity (Wildman–Crippen MR) is 73.4 cm³/mol. The summed E-state index contributed by atoms with van der Waals surface area (Å²) >= 11 is 0. The molecule has 1 amide bonds. The fourth-order valence-corrected chi connectivity index (χ4v) is 2.74. The Hall–Kier alpha value is -1.45. The van der Waals surface area contributed by atoms with Crippen LogP contribution in [-0.2, 0) is 19.0 Å². The Morgan fingerprint density at radius 2 is 1.78 bits per heavy atom. The Morgan fingerprint density at radius 3 is 2.22 bits per heavy atom. The van der Waals surface area contributed by atoms with Crippen molar-refractivity contribution in [2.45, 2.75) is 51.1 Å². The maximum atomic E-state index is 12.5. The maximum absolute atomic E-state index is 12.5. The molecule has 1 aliphatic carbocycles. The molecule has 2 aliphatic rings. The van der Waals surface area contributed by atoms with Gasteiger partial charge in [-0.1, -0.05) is 0 Å². The Labute approximate surface area is 132 Å². The highest BCUT2D eigenvalue weighted by molar-refractivity contribution is 7.87. The monoisotopic (exact) mass is 357 g/mol. The highest BCUT2D eigenvalue weighted by atomic mass is 32.2. The number of nitrogens with zero attached hydrogens (tertiary/aromatic N) is 1. The summed E-state index contributed by atoms with van der Waals surface area (Å²) in [4.78, 5) is 13.0. The minimum Gasteiger partial charge on any atom is -0.443 e. The van der Waals surface area contributed by atoms with Gasteiger partial charge in [0.15, 0.2) is 0 Å². The molecule has 0 aromatic heterocycles. The lowest BCUT2D eigenvalue weighted by Crippen LogP contribution is -2.39. The first-order valence-electron chi connectivity index (χ1n) is 6.98. The van der Waals surface area contributed by atoms with Gasteiger partial charge in [-0.15, -0.1) is 0 Å². The van der Waals surface area contributed by atoms with E-state index < -0.39 is 32.7 Å². The lowest BCUT2D eigenvalue weighted by Gasteiger charge is -2.32. The zero-order valence-corrected chi connectivity index (χ0v) is 13.8. The van der Waals surface area contributed by atoms with Crippen LogP contribution in [0, 0.1) is 5.41 Å². The number of carbonyl (C=O) groups is 1. The third-order valence-electron chi connectivity index (χ3n) is 3.59. The van der Waals surface area contributed by atoms with Crippen molar-refractivity contribution >= 4 is 16.2 Å². The molecule has 0 unspecified atom stereocenters. The Morgan fingerprint density at radius 1 is 1.22 bits per heavy atom. The molecule has 1 heterocycles. The van der Waals surface area contributed by atoms with Crippen LogP contribution >= 0.6 is 0 Å². The molecule has 0 aromatic rings. The first kappa shape index (κ1) is 17.9. The summed E-state index contributed by atoms with van der Waals surface area (Å²) in [6, 6.07) is 0. The van der Waals surface area contributed by atoms with Crippen LogP contribution in [0.25, 0.3) is 0 Å². The zero-order valence-electron chi connectivity index (χ0n) is 12.9. The average Bonchev–Trinajstić information content (AvgIpc) is 3.09. The number of hydrogen-bond acceptors (Lipinski definition) is 5. The van der Waals surface area contributed by atoms with Crippen LogP contribution in [0.5, 0.6) is 0 Å². The van der Waals surface area contributed by atoms with Gasteiger partial charge in [0, 0.05) is 12.0 Å². The van der Waals surface area contributed by atoms with Gasteiger partial charge in [-0.2, -0.15) is 21.6 Å². The maximum Gasteiger partial charge on any atom is 0.534 e. The van der Waals surface area contributed by atoms with Gasteiger partial charge < -0.3 is 8.92 Å². The molecule has 6 nitrogen and oxygen atoms in total. The number of ether oxygens (including phenoxy) is 1. The van der Waals surface area contributed by atoms with E-state index in [-0.39, 0.29) is 12.3 Å². The Balaban J connectivity index is 2.23. The van der Waals surface area contributed by atoms with Gasteiger partial charge >= 0.3 is 21.7 Å². The fourth-order valence-electron chi connectivity index (χ4n) is 2.19. The average molecular weight is 357 g/mol. The van der Waals surface area contributed by atoms with Crippen molar-refractivity contribution in [2.75, 3.05) is 6.54 Å². The van der Waals surface area contributed by atoms with E-state index in [1.54, 1.807) is 20.8 Å². The van der Waals surface area contributed by atoms with Crippen LogP contribution in [0.1, 0.15) is 40.0 Å². The number of rotatable bonds is 2. The van der Waals surface area contributed by atoms with Crippen LogP contribution in [-0.4, -0.2) is 37.1 Å². The summed E-state index contributed by atoms with van der Waals surface area (Å²) in [6.07, 6.45) is 1.61. The van der Waals surface area contributed by atoms with Crippen molar-refractivity contribution in [3.05, 3.63) is 12.0 Å². The second-order valence-corrected chi connectivity index (χ2v) is 8.22. The second-order valence-electron chi connectivity index (χ2n) is 6.68. The SMILES string of the molecule is CC(C)(C)OC(=O)N1C=C(OS(=O)(=O)C(F)(F)F)C2(CC1)CC2. The van der Waals surface area contributed by atoms with E-state index in [2.05, 4.69) is 4.18 Å². The molecule has 132 valence electrons. The van der Waals surface area contributed by atoms with Crippen LogP contribution in [0.2, 0.25) is 0 Å². The van der Waals surface area contributed by atoms with E-state index in [1.807, 2.05) is 0 Å². The quantitative estimate of drug-likeness (QED) is 0.561. The molecule has 0 N–H and O–H groups in total. The highest BCUT2D eigenvalue weighted by Gasteiger charge is 2.56. The molecule has 0 aromatic carbocycles. The molecular weight excluding hydrogens is 339 g/mol. The van der Waals surface area contributed by atoms with Crippen LogP contribution in [0.4, 0.5) is 18.0 Å². The normalized spacial score (nSPS) is 21.0. The molecule has 0 radical (unpaired) electrons. The predicted octanol–water partition coefficient (Wildman–Crippen LogP) is 3.12. The molecule has 1 fully saturated rings. The Kier molecular flexibility index (Phi) is 4.11. The summed E-state index contributed by atoms with van der Waals surface area (Å²) in [5, 5.41) is 0. The van der Waals surface area contributed by atoms with E-state index in [9.17, 15) is 26.4 Å². The third kappa shape index (κ3) is 3.91. The van der Waals surface area contributed by atoms with Gasteiger partial charge in [0.25, 0.3) is 0 Å². The van der Waals surface area contributed by atoms with Crippen LogP contribution in [0.15, 0.2) is 12.0 Å². The third-order valence-corrected chi connectivity index (χ3v) is 4.56. The summed E-state index contributed by atoms with van der Waals surface area (Å²) in [5.41, 5.74) is -7.02. The van der Waals surface area contributed by atoms with Crippen molar-refractivity contribution in [1.29, 1.82) is 0 Å². The van der Waals surface area contributed by atoms with Gasteiger partial charge in [-0.25, -0.2) is 4.79 Å². The zero-order chi connectivity index (χ0) is 17.7. The molecule has 1 aliphatic heterocycles. The van der Waals surface area contributed by atoms with Crippen molar-refractivity contribution in [3.63, 3.8) is 0 Å². The second kappa shape index (κ2) is 5.29. The first-order valence-corrected chi connectivity index (χ1v) is 8.39. The summed E-state index contributed by atoms with van der Waals surface area (Å²) < 4.78 is 69.3. The number of hydrogen-bond donors (Lipinski definition) is 0.